The number of aromatic nitrogens is 2. The van der Waals surface area contributed by atoms with Crippen molar-refractivity contribution in [3.63, 3.8) is 0 Å². The lowest BCUT2D eigenvalue weighted by atomic mass is 10.3. The molecule has 0 aliphatic carbocycles. The van der Waals surface area contributed by atoms with E-state index >= 15 is 0 Å². The molecule has 8 nitrogen and oxygen atoms in total. The van der Waals surface area contributed by atoms with Crippen LogP contribution in [0.2, 0.25) is 0 Å². The average Bonchev–Trinajstić information content (AvgIpc) is 2.28. The quantitative estimate of drug-likeness (QED) is 0.663. The predicted octanol–water partition coefficient (Wildman–Crippen LogP) is -0.285. The summed E-state index contributed by atoms with van der Waals surface area (Å²) in [5.74, 6) is 0.138. The first-order valence-corrected chi connectivity index (χ1v) is 7.84. The Balaban J connectivity index is 2.72. The third kappa shape index (κ3) is 5.98. The van der Waals surface area contributed by atoms with Crippen LogP contribution in [0.1, 0.15) is 0 Å². The second-order valence-electron chi connectivity index (χ2n) is 4.21. The first-order valence-electron chi connectivity index (χ1n) is 5.54. The lowest BCUT2D eigenvalue weighted by Crippen LogP contribution is -2.32. The lowest BCUT2D eigenvalue weighted by Gasteiger charge is -2.18. The molecule has 3 N–H and O–H groups in total. The molecule has 2 atom stereocenters. The molecule has 0 spiro atoms. The molecule has 0 radical (unpaired) electrons. The standard InChI is InChI=1S/C10H18N3O5P/c1-17-6-8(18-7-19(2,15)16)5-13-4-3-9(11)12-10(13)14/h3-4,8H,5-7H2,1-2H3,(H,15,16)(H2,11,12,14)/t8-/m0/s1. The molecule has 1 aromatic heterocycles. The summed E-state index contributed by atoms with van der Waals surface area (Å²) in [5.41, 5.74) is 4.88. The predicted molar refractivity (Wildman–Crippen MR) is 70.3 cm³/mol. The number of rotatable bonds is 7. The SMILES string of the molecule is COC[C@H](Cn1ccc(N)nc1=O)OCP(C)(=O)O. The van der Waals surface area contributed by atoms with Crippen molar-refractivity contribution >= 4 is 13.2 Å². The van der Waals surface area contributed by atoms with E-state index in [1.807, 2.05) is 0 Å². The van der Waals surface area contributed by atoms with Crippen molar-refractivity contribution in [2.45, 2.75) is 12.6 Å². The number of ether oxygens (including phenoxy) is 2. The molecule has 9 heteroatoms. The minimum atomic E-state index is -3.27. The van der Waals surface area contributed by atoms with Gasteiger partial charge < -0.3 is 20.1 Å². The second-order valence-corrected chi connectivity index (χ2v) is 6.57. The largest absolute Gasteiger partial charge is 0.383 e. The van der Waals surface area contributed by atoms with Crippen molar-refractivity contribution < 1.29 is 18.9 Å². The van der Waals surface area contributed by atoms with Gasteiger partial charge in [0.2, 0.25) is 7.37 Å². The van der Waals surface area contributed by atoms with E-state index in [1.165, 1.54) is 30.6 Å². The summed E-state index contributed by atoms with van der Waals surface area (Å²) in [7, 11) is -1.79. The number of nitrogen functional groups attached to an aromatic ring is 1. The lowest BCUT2D eigenvalue weighted by molar-refractivity contribution is 0.00592. The summed E-state index contributed by atoms with van der Waals surface area (Å²) < 4.78 is 22.7. The van der Waals surface area contributed by atoms with Crippen LogP contribution in [0, 0.1) is 0 Å². The molecule has 0 fully saturated rings. The van der Waals surface area contributed by atoms with Gasteiger partial charge in [0.05, 0.1) is 19.3 Å². The molecule has 0 saturated carbocycles. The van der Waals surface area contributed by atoms with Gasteiger partial charge in [-0.05, 0) is 6.07 Å². The summed E-state index contributed by atoms with van der Waals surface area (Å²) in [4.78, 5) is 24.3. The van der Waals surface area contributed by atoms with Crippen LogP contribution < -0.4 is 11.4 Å². The van der Waals surface area contributed by atoms with E-state index in [-0.39, 0.29) is 25.3 Å². The maximum atomic E-state index is 11.6. The number of hydrogen-bond acceptors (Lipinski definition) is 6. The van der Waals surface area contributed by atoms with E-state index in [2.05, 4.69) is 4.98 Å². The maximum absolute atomic E-state index is 11.6. The minimum absolute atomic E-state index is 0.138. The fraction of sp³-hybridized carbons (Fsp3) is 0.600. The average molecular weight is 291 g/mol. The highest BCUT2D eigenvalue weighted by atomic mass is 31.2. The van der Waals surface area contributed by atoms with Crippen molar-refractivity contribution in [3.05, 3.63) is 22.7 Å². The van der Waals surface area contributed by atoms with Gasteiger partial charge >= 0.3 is 5.69 Å². The van der Waals surface area contributed by atoms with E-state index in [0.717, 1.165) is 0 Å². The van der Waals surface area contributed by atoms with Gasteiger partial charge in [-0.1, -0.05) is 0 Å². The molecule has 0 aromatic carbocycles. The van der Waals surface area contributed by atoms with E-state index in [0.29, 0.717) is 0 Å². The zero-order valence-corrected chi connectivity index (χ0v) is 11.7. The van der Waals surface area contributed by atoms with Crippen LogP contribution >= 0.6 is 7.37 Å². The van der Waals surface area contributed by atoms with Crippen molar-refractivity contribution in [1.29, 1.82) is 0 Å². The number of methoxy groups -OCH3 is 1. The van der Waals surface area contributed by atoms with Gasteiger partial charge in [0.15, 0.2) is 0 Å². The zero-order valence-electron chi connectivity index (χ0n) is 10.9. The van der Waals surface area contributed by atoms with Crippen LogP contribution in [0.4, 0.5) is 5.82 Å². The molecule has 0 saturated heterocycles. The highest BCUT2D eigenvalue weighted by Crippen LogP contribution is 2.35. The molecular weight excluding hydrogens is 273 g/mol. The Morgan fingerprint density at radius 2 is 2.32 bits per heavy atom. The molecule has 19 heavy (non-hydrogen) atoms. The second kappa shape index (κ2) is 6.81. The van der Waals surface area contributed by atoms with Crippen LogP contribution in [0.15, 0.2) is 17.1 Å². The summed E-state index contributed by atoms with van der Waals surface area (Å²) >= 11 is 0. The molecular formula is C10H18N3O5P. The first-order chi connectivity index (χ1) is 8.81. The summed E-state index contributed by atoms with van der Waals surface area (Å²) in [6.07, 6.45) is 0.674. The van der Waals surface area contributed by atoms with Gasteiger partial charge in [-0.15, -0.1) is 0 Å². The van der Waals surface area contributed by atoms with E-state index in [4.69, 9.17) is 15.2 Å². The van der Waals surface area contributed by atoms with E-state index in [9.17, 15) is 14.3 Å². The number of hydrogen-bond donors (Lipinski definition) is 2. The highest BCUT2D eigenvalue weighted by molar-refractivity contribution is 7.56. The van der Waals surface area contributed by atoms with Crippen molar-refractivity contribution in [3.8, 4) is 0 Å². The van der Waals surface area contributed by atoms with Gasteiger partial charge in [-0.3, -0.25) is 9.13 Å². The monoisotopic (exact) mass is 291 g/mol. The number of nitrogens with zero attached hydrogens (tertiary/aromatic N) is 2. The van der Waals surface area contributed by atoms with Gasteiger partial charge in [-0.25, -0.2) is 4.79 Å². The first kappa shape index (κ1) is 15.8. The van der Waals surface area contributed by atoms with Crippen LogP contribution in [0.5, 0.6) is 0 Å². The Hall–Kier alpha value is -1.21. The molecule has 1 aromatic rings. The molecule has 0 aliphatic rings. The van der Waals surface area contributed by atoms with Crippen LogP contribution in [-0.2, 0) is 20.6 Å². The van der Waals surface area contributed by atoms with Gasteiger partial charge in [0, 0.05) is 20.0 Å². The van der Waals surface area contributed by atoms with Gasteiger partial charge in [0.25, 0.3) is 0 Å². The van der Waals surface area contributed by atoms with Crippen LogP contribution in [0.25, 0.3) is 0 Å². The normalized spacial score (nSPS) is 15.9. The molecule has 1 heterocycles. The minimum Gasteiger partial charge on any atom is -0.383 e. The molecule has 0 aliphatic heterocycles. The van der Waals surface area contributed by atoms with Crippen molar-refractivity contribution in [1.82, 2.24) is 9.55 Å². The smallest absolute Gasteiger partial charge is 0.349 e. The Kier molecular flexibility index (Phi) is 5.68. The summed E-state index contributed by atoms with van der Waals surface area (Å²) in [5, 5.41) is 0. The fourth-order valence-electron chi connectivity index (χ4n) is 1.38. The molecule has 1 rings (SSSR count). The third-order valence-electron chi connectivity index (χ3n) is 2.20. The van der Waals surface area contributed by atoms with Gasteiger partial charge in [-0.2, -0.15) is 4.98 Å². The van der Waals surface area contributed by atoms with Crippen molar-refractivity contribution in [2.24, 2.45) is 0 Å². The molecule has 1 unspecified atom stereocenters. The Labute approximate surface area is 110 Å². The Bertz CT molecular complexity index is 512. The van der Waals surface area contributed by atoms with Gasteiger partial charge in [0.1, 0.15) is 12.2 Å². The van der Waals surface area contributed by atoms with Crippen LogP contribution in [-0.4, -0.2) is 47.3 Å². The third-order valence-corrected chi connectivity index (χ3v) is 2.83. The van der Waals surface area contributed by atoms with Crippen molar-refractivity contribution in [2.75, 3.05) is 32.5 Å². The maximum Gasteiger partial charge on any atom is 0.349 e. The topological polar surface area (TPSA) is 117 Å². The fourth-order valence-corrected chi connectivity index (χ4v) is 1.87. The Morgan fingerprint density at radius 3 is 2.84 bits per heavy atom. The summed E-state index contributed by atoms with van der Waals surface area (Å²) in [6, 6.07) is 1.49. The summed E-state index contributed by atoms with van der Waals surface area (Å²) in [6.45, 7) is 1.56. The molecule has 0 amide bonds. The number of anilines is 1. The molecule has 0 bridgehead atoms. The Morgan fingerprint density at radius 1 is 1.63 bits per heavy atom. The zero-order chi connectivity index (χ0) is 14.5. The highest BCUT2D eigenvalue weighted by Gasteiger charge is 2.17. The molecule has 108 valence electrons. The van der Waals surface area contributed by atoms with E-state index in [1.54, 1.807) is 0 Å². The van der Waals surface area contributed by atoms with Crippen LogP contribution in [0.3, 0.4) is 0 Å². The number of nitrogens with two attached hydrogens (primary N) is 1. The van der Waals surface area contributed by atoms with E-state index < -0.39 is 19.2 Å².